The maximum atomic E-state index is 12.8. The number of halogens is 1. The Kier molecular flexibility index (Phi) is 7.98. The fourth-order valence-electron chi connectivity index (χ4n) is 4.01. The smallest absolute Gasteiger partial charge is 0.253 e. The maximum Gasteiger partial charge on any atom is 0.253 e. The molecule has 0 aliphatic carbocycles. The molecule has 1 N–H and O–H groups in total. The molecular weight excluding hydrogens is 412 g/mol. The second-order valence-electron chi connectivity index (χ2n) is 8.29. The number of nitrogens with zero attached hydrogens (tertiary/aromatic N) is 2. The molecule has 1 fully saturated rings. The lowest BCUT2D eigenvalue weighted by Gasteiger charge is -2.39. The molecule has 0 bridgehead atoms. The third-order valence-corrected chi connectivity index (χ3v) is 6.62. The van der Waals surface area contributed by atoms with Gasteiger partial charge >= 0.3 is 0 Å². The van der Waals surface area contributed by atoms with Crippen LogP contribution in [0.4, 0.5) is 0 Å². The zero-order valence-corrected chi connectivity index (χ0v) is 19.7. The van der Waals surface area contributed by atoms with Gasteiger partial charge in [0, 0.05) is 42.8 Å². The van der Waals surface area contributed by atoms with Gasteiger partial charge in [0.25, 0.3) is 5.91 Å². The minimum Gasteiger partial charge on any atom is -0.491 e. The highest BCUT2D eigenvalue weighted by Crippen LogP contribution is 2.31. The van der Waals surface area contributed by atoms with Gasteiger partial charge in [-0.25, -0.2) is 0 Å². The molecule has 31 heavy (non-hydrogen) atoms. The van der Waals surface area contributed by atoms with Crippen LogP contribution in [0.3, 0.4) is 0 Å². The van der Waals surface area contributed by atoms with E-state index in [2.05, 4.69) is 31.7 Å². The van der Waals surface area contributed by atoms with Gasteiger partial charge in [0.15, 0.2) is 0 Å². The summed E-state index contributed by atoms with van der Waals surface area (Å²) in [6.07, 6.45) is 0.241. The zero-order valence-electron chi connectivity index (χ0n) is 18.9. The zero-order chi connectivity index (χ0) is 22.5. The topological polar surface area (TPSA) is 53.0 Å². The molecule has 1 aliphatic rings. The van der Waals surface area contributed by atoms with E-state index in [0.29, 0.717) is 36.7 Å². The van der Waals surface area contributed by atoms with Crippen LogP contribution in [-0.4, -0.2) is 59.7 Å². The molecule has 0 radical (unpaired) electrons. The van der Waals surface area contributed by atoms with E-state index < -0.39 is 6.10 Å². The third-order valence-electron chi connectivity index (χ3n) is 6.37. The van der Waals surface area contributed by atoms with Crippen LogP contribution < -0.4 is 4.74 Å². The molecule has 0 saturated carbocycles. The van der Waals surface area contributed by atoms with Gasteiger partial charge in [0.2, 0.25) is 0 Å². The van der Waals surface area contributed by atoms with Crippen LogP contribution in [0.1, 0.15) is 53.4 Å². The molecule has 168 valence electrons. The van der Waals surface area contributed by atoms with Gasteiger partial charge in [0.05, 0.1) is 6.10 Å². The number of piperazine rings is 1. The first-order valence-corrected chi connectivity index (χ1v) is 11.4. The number of hydrogen-bond donors (Lipinski definition) is 1. The molecule has 1 heterocycles. The molecular formula is C25H33ClN2O3. The minimum atomic E-state index is -0.440. The number of carbonyl (C=O) groups is 1. The van der Waals surface area contributed by atoms with Crippen LogP contribution in [0.5, 0.6) is 5.75 Å². The Bertz CT molecular complexity index is 892. The Morgan fingerprint density at radius 2 is 1.71 bits per heavy atom. The van der Waals surface area contributed by atoms with Crippen molar-refractivity contribution in [2.75, 3.05) is 32.8 Å². The molecule has 2 aromatic rings. The summed E-state index contributed by atoms with van der Waals surface area (Å²) in [4.78, 5) is 17.1. The van der Waals surface area contributed by atoms with Gasteiger partial charge in [-0.05, 0) is 74.2 Å². The lowest BCUT2D eigenvalue weighted by Crippen LogP contribution is -2.49. The lowest BCUT2D eigenvalue weighted by molar-refractivity contribution is 0.0581. The average molecular weight is 445 g/mol. The van der Waals surface area contributed by atoms with E-state index >= 15 is 0 Å². The second kappa shape index (κ2) is 10.5. The molecule has 3 rings (SSSR count). The predicted molar refractivity (Wildman–Crippen MR) is 125 cm³/mol. The van der Waals surface area contributed by atoms with Gasteiger partial charge in [-0.3, -0.25) is 9.69 Å². The van der Waals surface area contributed by atoms with Crippen LogP contribution in [0.15, 0.2) is 36.4 Å². The highest BCUT2D eigenvalue weighted by atomic mass is 35.5. The maximum absolute atomic E-state index is 12.8. The van der Waals surface area contributed by atoms with E-state index in [4.69, 9.17) is 16.3 Å². The van der Waals surface area contributed by atoms with Crippen molar-refractivity contribution in [2.45, 2.75) is 46.3 Å². The molecule has 2 atom stereocenters. The highest BCUT2D eigenvalue weighted by Gasteiger charge is 2.26. The molecule has 1 aliphatic heterocycles. The molecule has 1 saturated heterocycles. The van der Waals surface area contributed by atoms with E-state index in [1.807, 2.05) is 17.9 Å². The predicted octanol–water partition coefficient (Wildman–Crippen LogP) is 4.63. The number of benzene rings is 2. The van der Waals surface area contributed by atoms with Crippen LogP contribution in [0, 0.1) is 13.8 Å². The number of ether oxygens (including phenoxy) is 1. The summed E-state index contributed by atoms with van der Waals surface area (Å²) in [5.41, 5.74) is 4.29. The van der Waals surface area contributed by atoms with Gasteiger partial charge in [-0.1, -0.05) is 24.6 Å². The Morgan fingerprint density at radius 1 is 1.06 bits per heavy atom. The summed E-state index contributed by atoms with van der Waals surface area (Å²) >= 11 is 5.94. The monoisotopic (exact) mass is 444 g/mol. The van der Waals surface area contributed by atoms with E-state index in [1.165, 1.54) is 11.1 Å². The van der Waals surface area contributed by atoms with Crippen molar-refractivity contribution in [3.63, 3.8) is 0 Å². The second-order valence-corrected chi connectivity index (χ2v) is 8.72. The number of carbonyl (C=O) groups excluding carboxylic acids is 1. The van der Waals surface area contributed by atoms with Gasteiger partial charge in [0.1, 0.15) is 12.4 Å². The van der Waals surface area contributed by atoms with Crippen LogP contribution in [0.25, 0.3) is 0 Å². The van der Waals surface area contributed by atoms with Crippen molar-refractivity contribution in [1.82, 2.24) is 9.80 Å². The number of rotatable bonds is 7. The highest BCUT2D eigenvalue weighted by molar-refractivity contribution is 6.30. The molecule has 5 nitrogen and oxygen atoms in total. The van der Waals surface area contributed by atoms with E-state index in [9.17, 15) is 9.90 Å². The van der Waals surface area contributed by atoms with Crippen molar-refractivity contribution in [1.29, 1.82) is 0 Å². The first kappa shape index (κ1) is 23.6. The Balaban J connectivity index is 1.62. The first-order chi connectivity index (χ1) is 14.8. The fraction of sp³-hybridized carbons (Fsp3) is 0.480. The molecule has 1 amide bonds. The number of hydrogen-bond acceptors (Lipinski definition) is 4. The van der Waals surface area contributed by atoms with E-state index in [1.54, 1.807) is 24.3 Å². The van der Waals surface area contributed by atoms with Gasteiger partial charge in [-0.2, -0.15) is 0 Å². The molecule has 2 aromatic carbocycles. The summed E-state index contributed by atoms with van der Waals surface area (Å²) < 4.78 is 5.82. The van der Waals surface area contributed by atoms with Gasteiger partial charge < -0.3 is 14.7 Å². The third kappa shape index (κ3) is 5.59. The van der Waals surface area contributed by atoms with Gasteiger partial charge in [-0.15, -0.1) is 0 Å². The Labute approximate surface area is 190 Å². The largest absolute Gasteiger partial charge is 0.491 e. The quantitative estimate of drug-likeness (QED) is 0.676. The molecule has 2 unspecified atom stereocenters. The van der Waals surface area contributed by atoms with Crippen molar-refractivity contribution in [2.24, 2.45) is 0 Å². The van der Waals surface area contributed by atoms with Crippen LogP contribution in [-0.2, 0) is 0 Å². The SMILES string of the molecule is CCC(O)COc1ccc(C(C)N2CCN(C(=O)c3ccc(Cl)cc3)CC2)c(C)c1C. The van der Waals surface area contributed by atoms with Crippen molar-refractivity contribution < 1.29 is 14.6 Å². The van der Waals surface area contributed by atoms with Crippen LogP contribution >= 0.6 is 11.6 Å². The Morgan fingerprint density at radius 3 is 2.32 bits per heavy atom. The average Bonchev–Trinajstić information content (AvgIpc) is 2.79. The fourth-order valence-corrected chi connectivity index (χ4v) is 4.14. The van der Waals surface area contributed by atoms with Crippen molar-refractivity contribution in [3.8, 4) is 5.75 Å². The van der Waals surface area contributed by atoms with E-state index in [0.717, 1.165) is 24.4 Å². The number of amides is 1. The first-order valence-electron chi connectivity index (χ1n) is 11.0. The molecule has 0 spiro atoms. The summed E-state index contributed by atoms with van der Waals surface area (Å²) in [6, 6.07) is 11.5. The summed E-state index contributed by atoms with van der Waals surface area (Å²) in [5.74, 6) is 0.895. The summed E-state index contributed by atoms with van der Waals surface area (Å²) in [7, 11) is 0. The Hall–Kier alpha value is -2.08. The number of aliphatic hydroxyl groups is 1. The van der Waals surface area contributed by atoms with Crippen LogP contribution in [0.2, 0.25) is 5.02 Å². The lowest BCUT2D eigenvalue weighted by atomic mass is 9.96. The molecule has 6 heteroatoms. The van der Waals surface area contributed by atoms with E-state index in [-0.39, 0.29) is 11.9 Å². The standard InChI is InChI=1S/C25H33ClN2O3/c1-5-22(29)16-31-24-11-10-23(17(2)18(24)3)19(4)27-12-14-28(15-13-27)25(30)20-6-8-21(26)9-7-20/h6-11,19,22,29H,5,12-16H2,1-4H3. The van der Waals surface area contributed by atoms with Crippen molar-refractivity contribution >= 4 is 17.5 Å². The summed E-state index contributed by atoms with van der Waals surface area (Å²) in [5, 5.41) is 10.4. The normalized spacial score (nSPS) is 16.8. The minimum absolute atomic E-state index is 0.0618. The molecule has 0 aromatic heterocycles. The van der Waals surface area contributed by atoms with Crippen molar-refractivity contribution in [3.05, 3.63) is 63.7 Å². The summed E-state index contributed by atoms with van der Waals surface area (Å²) in [6.45, 7) is 11.8. The number of aliphatic hydroxyl groups excluding tert-OH is 1.